The van der Waals surface area contributed by atoms with E-state index in [1.807, 2.05) is 22.6 Å². The van der Waals surface area contributed by atoms with Gasteiger partial charge in [0.2, 0.25) is 0 Å². The zero-order chi connectivity index (χ0) is 35.7. The molecule has 0 radical (unpaired) electrons. The number of halogens is 5. The van der Waals surface area contributed by atoms with E-state index in [-0.39, 0.29) is 51.2 Å². The second kappa shape index (κ2) is 12.2. The van der Waals surface area contributed by atoms with Gasteiger partial charge in [-0.05, 0) is 78.8 Å². The summed E-state index contributed by atoms with van der Waals surface area (Å²) in [5.74, 6) is -3.70. The van der Waals surface area contributed by atoms with Crippen LogP contribution in [0.5, 0.6) is 0 Å². The van der Waals surface area contributed by atoms with Crippen molar-refractivity contribution in [3.8, 4) is 5.69 Å². The number of aryl methyl sites for hydroxylation is 1. The lowest BCUT2D eigenvalue weighted by molar-refractivity contribution is -0.199. The number of pyridine rings is 1. The van der Waals surface area contributed by atoms with Crippen LogP contribution >= 0.6 is 22.6 Å². The van der Waals surface area contributed by atoms with Gasteiger partial charge in [0, 0.05) is 41.4 Å². The normalized spacial score (nSPS) is 15.7. The van der Waals surface area contributed by atoms with E-state index in [0.717, 1.165) is 25.8 Å². The molecule has 0 unspecified atom stereocenters. The Morgan fingerprint density at radius 1 is 1.08 bits per heavy atom. The Morgan fingerprint density at radius 2 is 1.76 bits per heavy atom. The number of benzene rings is 2. The molecule has 2 fully saturated rings. The van der Waals surface area contributed by atoms with Crippen molar-refractivity contribution in [2.24, 2.45) is 12.8 Å². The van der Waals surface area contributed by atoms with Crippen LogP contribution in [0.25, 0.3) is 16.6 Å². The van der Waals surface area contributed by atoms with Crippen LogP contribution in [0.3, 0.4) is 0 Å². The van der Waals surface area contributed by atoms with E-state index in [0.29, 0.717) is 20.7 Å². The van der Waals surface area contributed by atoms with E-state index < -0.39 is 62.8 Å². The molecule has 4 aromatic rings. The summed E-state index contributed by atoms with van der Waals surface area (Å²) in [5.41, 5.74) is 2.03. The van der Waals surface area contributed by atoms with E-state index in [2.05, 4.69) is 10.2 Å². The largest absolute Gasteiger partial charge is 0.493 e. The number of rotatable bonds is 8. The predicted octanol–water partition coefficient (Wildman–Crippen LogP) is 2.70. The minimum Gasteiger partial charge on any atom is -0.338 e. The maximum atomic E-state index is 15.0. The summed E-state index contributed by atoms with van der Waals surface area (Å²) < 4.78 is 85.7. The van der Waals surface area contributed by atoms with E-state index in [9.17, 15) is 45.2 Å². The van der Waals surface area contributed by atoms with Gasteiger partial charge in [-0.3, -0.25) is 23.3 Å². The van der Waals surface area contributed by atoms with Crippen LogP contribution in [-0.4, -0.2) is 57.7 Å². The fourth-order valence-electron chi connectivity index (χ4n) is 5.44. The number of nitrogens with zero attached hydrogens (tertiary/aromatic N) is 5. The number of aromatic nitrogens is 3. The van der Waals surface area contributed by atoms with Crippen molar-refractivity contribution in [2.75, 3.05) is 22.9 Å². The maximum Gasteiger partial charge on any atom is 0.493 e. The van der Waals surface area contributed by atoms with Gasteiger partial charge in [0.05, 0.1) is 22.6 Å². The van der Waals surface area contributed by atoms with E-state index in [1.54, 1.807) is 6.07 Å². The molecule has 0 amide bonds. The molecule has 3 heterocycles. The average Bonchev–Trinajstić information content (AvgIpc) is 3.85. The fraction of sp³-hybridized carbons (Fsp3) is 0.310. The van der Waals surface area contributed by atoms with Crippen LogP contribution < -0.4 is 32.3 Å². The molecule has 2 aliphatic rings. The van der Waals surface area contributed by atoms with E-state index in [4.69, 9.17) is 5.73 Å². The van der Waals surface area contributed by atoms with Crippen molar-refractivity contribution in [1.82, 2.24) is 18.0 Å². The van der Waals surface area contributed by atoms with Gasteiger partial charge in [-0.1, -0.05) is 10.5 Å². The van der Waals surface area contributed by atoms with Crippen LogP contribution in [-0.2, 0) is 26.9 Å². The molecular formula is C29H26F4IN7O7S. The SMILES string of the molecule is Cc1c(=O)n(C)c(Nc2ccc(I)cc2F)c2c(=O)n(C3CC3)c(=O)n(-c3cccc(N(OC(=O)C(F)(F)F)S(=O)(=O)N4CC(N)C4)c3)c12. The summed E-state index contributed by atoms with van der Waals surface area (Å²) in [6.07, 6.45) is -4.67. The van der Waals surface area contributed by atoms with Gasteiger partial charge in [0.1, 0.15) is 17.0 Å². The summed E-state index contributed by atoms with van der Waals surface area (Å²) in [7, 11) is -3.60. The minimum atomic E-state index is -5.58. The number of hydrogen-bond acceptors (Lipinski definition) is 9. The molecule has 0 bridgehead atoms. The third-order valence-electron chi connectivity index (χ3n) is 8.05. The number of anilines is 3. The Labute approximate surface area is 287 Å². The molecule has 260 valence electrons. The minimum absolute atomic E-state index is 0.0873. The number of alkyl halides is 3. The summed E-state index contributed by atoms with van der Waals surface area (Å²) in [6.45, 7) is 0.783. The van der Waals surface area contributed by atoms with Crippen molar-refractivity contribution in [3.63, 3.8) is 0 Å². The molecule has 20 heteroatoms. The lowest BCUT2D eigenvalue weighted by atomic mass is 10.1. The molecule has 1 aliphatic carbocycles. The number of carbonyl (C=O) groups is 1. The highest BCUT2D eigenvalue weighted by Gasteiger charge is 2.47. The molecule has 3 N–H and O–H groups in total. The summed E-state index contributed by atoms with van der Waals surface area (Å²) >= 11 is 1.91. The van der Waals surface area contributed by atoms with Crippen LogP contribution in [0.4, 0.5) is 34.8 Å². The summed E-state index contributed by atoms with van der Waals surface area (Å²) in [6, 6.07) is 7.48. The van der Waals surface area contributed by atoms with Gasteiger partial charge in [0.25, 0.3) is 11.1 Å². The molecule has 14 nitrogen and oxygen atoms in total. The third-order valence-corrected chi connectivity index (χ3v) is 10.4. The number of nitrogens with one attached hydrogen (secondary N) is 1. The van der Waals surface area contributed by atoms with Crippen LogP contribution in [0.2, 0.25) is 0 Å². The molecule has 0 atom stereocenters. The van der Waals surface area contributed by atoms with E-state index in [1.165, 1.54) is 38.2 Å². The second-order valence-corrected chi connectivity index (χ2v) is 14.5. The van der Waals surface area contributed by atoms with Crippen LogP contribution in [0, 0.1) is 16.3 Å². The Kier molecular flexibility index (Phi) is 8.64. The fourth-order valence-corrected chi connectivity index (χ4v) is 7.41. The first-order valence-corrected chi connectivity index (χ1v) is 17.0. The molecule has 2 aromatic heterocycles. The number of hydrogen-bond donors (Lipinski definition) is 2. The summed E-state index contributed by atoms with van der Waals surface area (Å²) in [4.78, 5) is 58.1. The molecule has 1 saturated heterocycles. The van der Waals surface area contributed by atoms with Crippen LogP contribution in [0.15, 0.2) is 56.8 Å². The monoisotopic (exact) mass is 819 g/mol. The lowest BCUT2D eigenvalue weighted by Gasteiger charge is -2.38. The first-order valence-electron chi connectivity index (χ1n) is 14.5. The molecule has 1 aliphatic heterocycles. The number of carbonyl (C=O) groups excluding carboxylic acids is 1. The Morgan fingerprint density at radius 3 is 2.35 bits per heavy atom. The number of nitrogens with two attached hydrogens (primary N) is 1. The highest BCUT2D eigenvalue weighted by atomic mass is 127. The Hall–Kier alpha value is -4.28. The average molecular weight is 820 g/mol. The van der Waals surface area contributed by atoms with Gasteiger partial charge >= 0.3 is 28.0 Å². The van der Waals surface area contributed by atoms with Crippen LogP contribution in [0.1, 0.15) is 24.4 Å². The second-order valence-electron chi connectivity index (χ2n) is 11.5. The zero-order valence-corrected chi connectivity index (χ0v) is 28.5. The molecule has 2 aromatic carbocycles. The zero-order valence-electron chi connectivity index (χ0n) is 25.5. The topological polar surface area (TPSA) is 171 Å². The first kappa shape index (κ1) is 34.6. The van der Waals surface area contributed by atoms with E-state index >= 15 is 0 Å². The molecule has 1 saturated carbocycles. The van der Waals surface area contributed by atoms with Crippen molar-refractivity contribution in [1.29, 1.82) is 0 Å². The molecule has 49 heavy (non-hydrogen) atoms. The van der Waals surface area contributed by atoms with Crippen molar-refractivity contribution in [3.05, 3.63) is 88.6 Å². The highest BCUT2D eigenvalue weighted by Crippen LogP contribution is 2.35. The predicted molar refractivity (Wildman–Crippen MR) is 178 cm³/mol. The standard InChI is InChI=1S/C29H26F4IN7O7S/c1-14-23-22(24(37(2)25(14)42)36-21-9-6-15(34)10-20(21)30)26(43)40(17-7-8-17)28(45)39(23)18-4-3-5-19(11-18)41(48-27(44)29(31,32)33)49(46,47)38-12-16(35)13-38/h3-6,9-11,16-17,36H,7-8,12-13,35H2,1-2H3. The molecular weight excluding hydrogens is 793 g/mol. The van der Waals surface area contributed by atoms with Crippen molar-refractivity contribution < 1.29 is 35.6 Å². The van der Waals surface area contributed by atoms with Crippen molar-refractivity contribution >= 4 is 66.9 Å². The van der Waals surface area contributed by atoms with Gasteiger partial charge in [-0.25, -0.2) is 14.0 Å². The Balaban J connectivity index is 1.62. The summed E-state index contributed by atoms with van der Waals surface area (Å²) in [5, 5.41) is 2.61. The van der Waals surface area contributed by atoms with Crippen molar-refractivity contribution in [2.45, 2.75) is 38.0 Å². The van der Waals surface area contributed by atoms with Gasteiger partial charge < -0.3 is 15.9 Å². The van der Waals surface area contributed by atoms with Gasteiger partial charge in [-0.2, -0.15) is 25.9 Å². The third kappa shape index (κ3) is 6.10. The number of fused-ring (bicyclic) bond motifs is 1. The highest BCUT2D eigenvalue weighted by molar-refractivity contribution is 14.1. The molecule has 6 rings (SSSR count). The lowest BCUT2D eigenvalue weighted by Crippen LogP contribution is -2.61. The smallest absolute Gasteiger partial charge is 0.338 e. The van der Waals surface area contributed by atoms with Gasteiger partial charge in [-0.15, -0.1) is 0 Å². The Bertz CT molecular complexity index is 2330. The van der Waals surface area contributed by atoms with Gasteiger partial charge in [0.15, 0.2) is 0 Å². The quantitative estimate of drug-likeness (QED) is 0.154. The molecule has 0 spiro atoms. The first-order chi connectivity index (χ1) is 22.9. The maximum absolute atomic E-state index is 15.0.